The van der Waals surface area contributed by atoms with Crippen molar-refractivity contribution < 1.29 is 14.3 Å². The van der Waals surface area contributed by atoms with Gasteiger partial charge in [-0.15, -0.1) is 0 Å². The van der Waals surface area contributed by atoms with E-state index in [1.807, 2.05) is 4.90 Å². The van der Waals surface area contributed by atoms with Gasteiger partial charge in [0.1, 0.15) is 0 Å². The molecule has 0 aliphatic rings. The first kappa shape index (κ1) is 36.9. The number of ether oxygens (including phenoxy) is 1. The Morgan fingerprint density at radius 2 is 0.868 bits per heavy atom. The van der Waals surface area contributed by atoms with E-state index in [4.69, 9.17) is 4.74 Å². The highest BCUT2D eigenvalue weighted by Crippen LogP contribution is 2.13. The highest BCUT2D eigenvalue weighted by molar-refractivity contribution is 5.76. The first-order valence-corrected chi connectivity index (χ1v) is 17.1. The molecule has 0 spiro atoms. The molecule has 0 heterocycles. The minimum absolute atomic E-state index is 0.0276. The van der Waals surface area contributed by atoms with Crippen molar-refractivity contribution in [3.05, 3.63) is 0 Å². The molecule has 0 radical (unpaired) electrons. The monoisotopic (exact) mass is 538 g/mol. The van der Waals surface area contributed by atoms with Gasteiger partial charge in [0.2, 0.25) is 5.91 Å². The Labute approximate surface area is 238 Å². The minimum Gasteiger partial charge on any atom is -0.466 e. The third-order valence-electron chi connectivity index (χ3n) is 7.80. The van der Waals surface area contributed by atoms with Gasteiger partial charge in [-0.2, -0.15) is 0 Å². The van der Waals surface area contributed by atoms with E-state index >= 15 is 0 Å². The van der Waals surface area contributed by atoms with Gasteiger partial charge in [-0.3, -0.25) is 9.59 Å². The summed E-state index contributed by atoms with van der Waals surface area (Å²) in [5.74, 6) is 0.298. The van der Waals surface area contributed by atoms with Crippen molar-refractivity contribution in [2.45, 2.75) is 188 Å². The van der Waals surface area contributed by atoms with E-state index in [-0.39, 0.29) is 5.97 Å². The number of esters is 1. The first-order valence-electron chi connectivity index (χ1n) is 17.1. The van der Waals surface area contributed by atoms with Crippen LogP contribution in [0.2, 0.25) is 0 Å². The van der Waals surface area contributed by atoms with Crippen LogP contribution in [0.5, 0.6) is 0 Å². The molecule has 0 aliphatic heterocycles. The van der Waals surface area contributed by atoms with Crippen LogP contribution in [0.3, 0.4) is 0 Å². The molecule has 0 aromatic rings. The summed E-state index contributed by atoms with van der Waals surface area (Å²) in [6.07, 6.45) is 31.3. The molecule has 0 N–H and O–H groups in total. The summed E-state index contributed by atoms with van der Waals surface area (Å²) >= 11 is 0. The highest BCUT2D eigenvalue weighted by atomic mass is 16.5. The van der Waals surface area contributed by atoms with Crippen LogP contribution in [-0.2, 0) is 14.3 Å². The average molecular weight is 538 g/mol. The SMILES string of the molecule is CCCCCCCCCCCCCC(=O)OCCCCCCN(CC)C(=O)CCCCCCCCCCC. The highest BCUT2D eigenvalue weighted by Gasteiger charge is 2.10. The molecule has 0 aliphatic carbocycles. The lowest BCUT2D eigenvalue weighted by atomic mass is 10.1. The van der Waals surface area contributed by atoms with E-state index in [1.165, 1.54) is 109 Å². The third kappa shape index (κ3) is 26.5. The molecule has 38 heavy (non-hydrogen) atoms. The molecular formula is C34H67NO3. The fourth-order valence-corrected chi connectivity index (χ4v) is 5.15. The van der Waals surface area contributed by atoms with Gasteiger partial charge >= 0.3 is 5.97 Å². The number of carbonyl (C=O) groups excluding carboxylic acids is 2. The van der Waals surface area contributed by atoms with Gasteiger partial charge in [0.05, 0.1) is 6.61 Å². The van der Waals surface area contributed by atoms with Gasteiger partial charge in [0, 0.05) is 25.9 Å². The summed E-state index contributed by atoms with van der Waals surface area (Å²) in [5, 5.41) is 0. The summed E-state index contributed by atoms with van der Waals surface area (Å²) in [6.45, 7) is 8.84. The van der Waals surface area contributed by atoms with E-state index in [1.54, 1.807) is 0 Å². The second-order valence-corrected chi connectivity index (χ2v) is 11.5. The number of carbonyl (C=O) groups is 2. The lowest BCUT2D eigenvalue weighted by Crippen LogP contribution is -2.31. The molecule has 226 valence electrons. The summed E-state index contributed by atoms with van der Waals surface area (Å²) in [5.41, 5.74) is 0. The number of unbranched alkanes of at least 4 members (excludes halogenated alkanes) is 21. The molecule has 0 bridgehead atoms. The number of amides is 1. The minimum atomic E-state index is -0.0276. The summed E-state index contributed by atoms with van der Waals surface area (Å²) in [4.78, 5) is 26.5. The summed E-state index contributed by atoms with van der Waals surface area (Å²) in [7, 11) is 0. The van der Waals surface area contributed by atoms with Crippen LogP contribution in [0, 0.1) is 0 Å². The Morgan fingerprint density at radius 3 is 1.34 bits per heavy atom. The number of hydrogen-bond acceptors (Lipinski definition) is 3. The number of rotatable bonds is 30. The molecule has 4 heteroatoms. The van der Waals surface area contributed by atoms with Crippen LogP contribution in [0.15, 0.2) is 0 Å². The molecule has 0 rings (SSSR count). The van der Waals surface area contributed by atoms with E-state index in [0.29, 0.717) is 25.4 Å². The topological polar surface area (TPSA) is 46.6 Å². The molecule has 0 saturated carbocycles. The van der Waals surface area contributed by atoms with Crippen molar-refractivity contribution in [1.29, 1.82) is 0 Å². The second kappa shape index (κ2) is 30.5. The zero-order valence-electron chi connectivity index (χ0n) is 26.2. The van der Waals surface area contributed by atoms with Crippen molar-refractivity contribution in [1.82, 2.24) is 4.90 Å². The molecule has 0 aromatic heterocycles. The summed E-state index contributed by atoms with van der Waals surface area (Å²) < 4.78 is 5.41. The molecule has 0 atom stereocenters. The maximum Gasteiger partial charge on any atom is 0.305 e. The van der Waals surface area contributed by atoms with Crippen molar-refractivity contribution >= 4 is 11.9 Å². The van der Waals surface area contributed by atoms with Crippen LogP contribution in [0.4, 0.5) is 0 Å². The lowest BCUT2D eigenvalue weighted by molar-refractivity contribution is -0.144. The predicted octanol–water partition coefficient (Wildman–Crippen LogP) is 10.6. The van der Waals surface area contributed by atoms with Crippen molar-refractivity contribution in [3.63, 3.8) is 0 Å². The smallest absolute Gasteiger partial charge is 0.305 e. The van der Waals surface area contributed by atoms with E-state index < -0.39 is 0 Å². The summed E-state index contributed by atoms with van der Waals surface area (Å²) in [6, 6.07) is 0. The predicted molar refractivity (Wildman–Crippen MR) is 165 cm³/mol. The van der Waals surface area contributed by atoms with E-state index in [0.717, 1.165) is 58.0 Å². The zero-order valence-corrected chi connectivity index (χ0v) is 26.2. The largest absolute Gasteiger partial charge is 0.466 e. The third-order valence-corrected chi connectivity index (χ3v) is 7.80. The number of hydrogen-bond donors (Lipinski definition) is 0. The molecule has 0 aromatic carbocycles. The lowest BCUT2D eigenvalue weighted by Gasteiger charge is -2.21. The fraction of sp³-hybridized carbons (Fsp3) is 0.941. The van der Waals surface area contributed by atoms with Gasteiger partial charge < -0.3 is 9.64 Å². The molecule has 0 saturated heterocycles. The standard InChI is InChI=1S/C34H67NO3/c1-4-7-9-11-13-15-16-18-20-22-26-30-34(37)38-32-28-24-23-27-31-35(6-3)33(36)29-25-21-19-17-14-12-10-8-5-2/h4-32H2,1-3H3. The Bertz CT molecular complexity index is 508. The van der Waals surface area contributed by atoms with Crippen LogP contribution in [0.1, 0.15) is 188 Å². The Morgan fingerprint density at radius 1 is 0.474 bits per heavy atom. The van der Waals surface area contributed by atoms with Gasteiger partial charge in [-0.25, -0.2) is 0 Å². The maximum absolute atomic E-state index is 12.5. The zero-order chi connectivity index (χ0) is 27.9. The van der Waals surface area contributed by atoms with E-state index in [9.17, 15) is 9.59 Å². The normalized spacial score (nSPS) is 11.1. The molecule has 1 amide bonds. The van der Waals surface area contributed by atoms with Gasteiger partial charge in [-0.1, -0.05) is 136 Å². The Balaban J connectivity index is 3.49. The Kier molecular flexibility index (Phi) is 29.6. The van der Waals surface area contributed by atoms with E-state index in [2.05, 4.69) is 20.8 Å². The van der Waals surface area contributed by atoms with Crippen LogP contribution >= 0.6 is 0 Å². The van der Waals surface area contributed by atoms with Crippen molar-refractivity contribution in [2.24, 2.45) is 0 Å². The van der Waals surface area contributed by atoms with Gasteiger partial charge in [0.15, 0.2) is 0 Å². The maximum atomic E-state index is 12.5. The Hall–Kier alpha value is -1.06. The van der Waals surface area contributed by atoms with Crippen molar-refractivity contribution in [3.8, 4) is 0 Å². The van der Waals surface area contributed by atoms with Gasteiger partial charge in [-0.05, 0) is 39.0 Å². The molecule has 0 unspecified atom stereocenters. The fourth-order valence-electron chi connectivity index (χ4n) is 5.15. The van der Waals surface area contributed by atoms with Crippen LogP contribution < -0.4 is 0 Å². The molecule has 4 nitrogen and oxygen atoms in total. The first-order chi connectivity index (χ1) is 18.7. The second-order valence-electron chi connectivity index (χ2n) is 11.5. The van der Waals surface area contributed by atoms with Crippen molar-refractivity contribution in [2.75, 3.05) is 19.7 Å². The van der Waals surface area contributed by atoms with Crippen LogP contribution in [0.25, 0.3) is 0 Å². The average Bonchev–Trinajstić information content (AvgIpc) is 2.92. The van der Waals surface area contributed by atoms with Gasteiger partial charge in [0.25, 0.3) is 0 Å². The number of nitrogens with zero attached hydrogens (tertiary/aromatic N) is 1. The quantitative estimate of drug-likeness (QED) is 0.0676. The molecule has 0 fully saturated rings. The van der Waals surface area contributed by atoms with Crippen LogP contribution in [-0.4, -0.2) is 36.5 Å². The molecular weight excluding hydrogens is 470 g/mol.